The van der Waals surface area contributed by atoms with Crippen LogP contribution in [0.3, 0.4) is 0 Å². The van der Waals surface area contributed by atoms with Crippen molar-refractivity contribution >= 4 is 46.6 Å². The van der Waals surface area contributed by atoms with Crippen LogP contribution < -0.4 is 33.8 Å². The van der Waals surface area contributed by atoms with Gasteiger partial charge in [-0.05, 0) is 54.4 Å². The monoisotopic (exact) mass is 756 g/mol. The minimum absolute atomic E-state index is 0.0878. The third-order valence-corrected chi connectivity index (χ3v) is 8.89. The molecule has 1 aliphatic rings. The average Bonchev–Trinajstić information content (AvgIpc) is 3.10. The number of carbonyl (C=O) groups is 4. The third-order valence-electron chi connectivity index (χ3n) is 8.89. The molecule has 15 heteroatoms. The summed E-state index contributed by atoms with van der Waals surface area (Å²) < 4.78 is 18.8. The summed E-state index contributed by atoms with van der Waals surface area (Å²) in [6, 6.07) is 22.1. The van der Waals surface area contributed by atoms with E-state index in [1.54, 1.807) is 37.3 Å². The molecule has 1 heterocycles. The summed E-state index contributed by atoms with van der Waals surface area (Å²) >= 11 is 0. The van der Waals surface area contributed by atoms with Crippen LogP contribution in [0.1, 0.15) is 28.2 Å². The number of benzene rings is 4. The number of aliphatic carboxylic acids is 4. The number of carboxylic acid groups (broad SMARTS) is 4. The number of hydrogen-bond acceptors (Lipinski definition) is 11. The topological polar surface area (TPSA) is 190 Å². The Hall–Kier alpha value is -6.64. The summed E-state index contributed by atoms with van der Waals surface area (Å²) in [7, 11) is 7.75. The van der Waals surface area contributed by atoms with Crippen LogP contribution in [0.4, 0.5) is 22.7 Å². The molecule has 4 N–H and O–H groups in total. The van der Waals surface area contributed by atoms with Crippen molar-refractivity contribution in [3.05, 3.63) is 95.1 Å². The zero-order chi connectivity index (χ0) is 40.0. The van der Waals surface area contributed by atoms with Crippen molar-refractivity contribution in [2.45, 2.75) is 12.8 Å². The van der Waals surface area contributed by atoms with Gasteiger partial charge in [0.2, 0.25) is 0 Å². The second-order valence-corrected chi connectivity index (χ2v) is 13.5. The second-order valence-electron chi connectivity index (χ2n) is 13.5. The van der Waals surface area contributed by atoms with Crippen LogP contribution in [0.25, 0.3) is 0 Å². The summed E-state index contributed by atoms with van der Waals surface area (Å²) in [5.41, 5.74) is 5.68. The molecule has 0 radical (unpaired) electrons. The highest BCUT2D eigenvalue weighted by atomic mass is 16.5. The van der Waals surface area contributed by atoms with Crippen molar-refractivity contribution in [1.82, 2.24) is 0 Å². The third kappa shape index (κ3) is 9.67. The molecular formula is C40H44N4O11. The van der Waals surface area contributed by atoms with E-state index in [9.17, 15) is 39.6 Å². The first-order valence-electron chi connectivity index (χ1n) is 17.3. The maximum Gasteiger partial charge on any atom is 0.323 e. The fourth-order valence-electron chi connectivity index (χ4n) is 6.40. The van der Waals surface area contributed by atoms with Gasteiger partial charge in [-0.2, -0.15) is 0 Å². The fourth-order valence-corrected chi connectivity index (χ4v) is 6.40. The van der Waals surface area contributed by atoms with Gasteiger partial charge in [-0.1, -0.05) is 24.3 Å². The molecule has 0 bridgehead atoms. The van der Waals surface area contributed by atoms with E-state index in [2.05, 4.69) is 0 Å². The number of ether oxygens (including phenoxy) is 3. The Bertz CT molecular complexity index is 1990. The SMILES string of the molecule is Cc1ccc(N(CC(=O)O)CC(=O)O)c(OCCOc2cc(C3c4ccc(N(C)C)cc4Oc4cc(N(C)C)ccc43)ccc2N(CC(=O)O)CC(=O)O)c1. The van der Waals surface area contributed by atoms with Gasteiger partial charge in [0.15, 0.2) is 0 Å². The summed E-state index contributed by atoms with van der Waals surface area (Å²) in [6.07, 6.45) is 0. The molecule has 0 fully saturated rings. The molecule has 0 aromatic heterocycles. The minimum Gasteiger partial charge on any atom is -0.488 e. The molecule has 0 amide bonds. The van der Waals surface area contributed by atoms with Crippen LogP contribution in [0, 0.1) is 6.92 Å². The number of nitrogens with zero attached hydrogens (tertiary/aromatic N) is 4. The Kier molecular flexibility index (Phi) is 12.2. The average molecular weight is 757 g/mol. The second kappa shape index (κ2) is 17.0. The molecule has 0 unspecified atom stereocenters. The summed E-state index contributed by atoms with van der Waals surface area (Å²) in [4.78, 5) is 53.2. The van der Waals surface area contributed by atoms with E-state index < -0.39 is 50.1 Å². The van der Waals surface area contributed by atoms with Crippen molar-refractivity contribution < 1.29 is 53.8 Å². The van der Waals surface area contributed by atoms with E-state index in [1.807, 2.05) is 80.5 Å². The lowest BCUT2D eigenvalue weighted by Gasteiger charge is -2.31. The lowest BCUT2D eigenvalue weighted by Crippen LogP contribution is -2.35. The predicted octanol–water partition coefficient (Wildman–Crippen LogP) is 4.82. The maximum atomic E-state index is 11.9. The van der Waals surface area contributed by atoms with E-state index >= 15 is 0 Å². The molecular weight excluding hydrogens is 712 g/mol. The number of carboxylic acids is 4. The standard InChI is InChI=1S/C40H44N4O11/c1-24-6-12-30(43(20-36(45)46)21-37(47)48)34(16-24)53-14-15-54-35-17-25(7-13-31(35)44(22-38(49)50)23-39(51)52)40-28-10-8-26(41(2)3)18-32(28)55-33-19-27(42(4)5)9-11-29(33)40/h6-13,16-19,40H,14-15,20-23H2,1-5H3,(H,45,46)(H,47,48)(H,49,50)(H,51,52). The highest BCUT2D eigenvalue weighted by Gasteiger charge is 2.31. The number of rotatable bonds is 18. The Morgan fingerprint density at radius 1 is 0.582 bits per heavy atom. The first-order chi connectivity index (χ1) is 26.1. The van der Waals surface area contributed by atoms with Crippen LogP contribution in [-0.2, 0) is 19.2 Å². The largest absolute Gasteiger partial charge is 0.488 e. The molecule has 0 saturated heterocycles. The van der Waals surface area contributed by atoms with Gasteiger partial charge in [0, 0.05) is 68.7 Å². The van der Waals surface area contributed by atoms with Gasteiger partial charge in [0.1, 0.15) is 62.4 Å². The van der Waals surface area contributed by atoms with Gasteiger partial charge in [0.25, 0.3) is 0 Å². The van der Waals surface area contributed by atoms with E-state index in [1.165, 1.54) is 9.80 Å². The number of hydrogen-bond donors (Lipinski definition) is 4. The van der Waals surface area contributed by atoms with Gasteiger partial charge in [0.05, 0.1) is 11.4 Å². The molecule has 15 nitrogen and oxygen atoms in total. The normalized spacial score (nSPS) is 11.7. The van der Waals surface area contributed by atoms with Crippen LogP contribution in [-0.4, -0.2) is 112 Å². The first kappa shape index (κ1) is 39.6. The van der Waals surface area contributed by atoms with Gasteiger partial charge < -0.3 is 54.2 Å². The molecule has 4 aromatic carbocycles. The van der Waals surface area contributed by atoms with Gasteiger partial charge in [-0.3, -0.25) is 19.2 Å². The van der Waals surface area contributed by atoms with E-state index in [0.29, 0.717) is 11.5 Å². The first-order valence-corrected chi connectivity index (χ1v) is 17.3. The van der Waals surface area contributed by atoms with Crippen molar-refractivity contribution in [2.75, 3.05) is 87.2 Å². The molecule has 0 saturated carbocycles. The molecule has 0 aliphatic carbocycles. The predicted molar refractivity (Wildman–Crippen MR) is 206 cm³/mol. The highest BCUT2D eigenvalue weighted by molar-refractivity contribution is 5.82. The molecule has 0 atom stereocenters. The van der Waals surface area contributed by atoms with Crippen molar-refractivity contribution in [3.8, 4) is 23.0 Å². The van der Waals surface area contributed by atoms with Crippen LogP contribution in [0.2, 0.25) is 0 Å². The molecule has 290 valence electrons. The maximum absolute atomic E-state index is 11.9. The number of anilines is 4. The molecule has 0 spiro atoms. The molecule has 55 heavy (non-hydrogen) atoms. The van der Waals surface area contributed by atoms with E-state index in [0.717, 1.165) is 33.6 Å². The van der Waals surface area contributed by atoms with E-state index in [-0.39, 0.29) is 42.0 Å². The van der Waals surface area contributed by atoms with Crippen LogP contribution >= 0.6 is 0 Å². The van der Waals surface area contributed by atoms with Gasteiger partial charge >= 0.3 is 23.9 Å². The Morgan fingerprint density at radius 2 is 1.00 bits per heavy atom. The van der Waals surface area contributed by atoms with Gasteiger partial charge in [-0.15, -0.1) is 0 Å². The highest BCUT2D eigenvalue weighted by Crippen LogP contribution is 2.50. The molecule has 4 aromatic rings. The number of fused-ring (bicyclic) bond motifs is 2. The van der Waals surface area contributed by atoms with Crippen LogP contribution in [0.15, 0.2) is 72.8 Å². The van der Waals surface area contributed by atoms with Crippen molar-refractivity contribution in [3.63, 3.8) is 0 Å². The molecule has 1 aliphatic heterocycles. The van der Waals surface area contributed by atoms with Crippen molar-refractivity contribution in [2.24, 2.45) is 0 Å². The van der Waals surface area contributed by atoms with Crippen molar-refractivity contribution in [1.29, 1.82) is 0 Å². The quantitative estimate of drug-likeness (QED) is 0.0890. The summed E-state index contributed by atoms with van der Waals surface area (Å²) in [6.45, 7) is -0.766. The Labute approximate surface area is 318 Å². The minimum atomic E-state index is -1.24. The molecule has 5 rings (SSSR count). The smallest absolute Gasteiger partial charge is 0.323 e. The summed E-state index contributed by atoms with van der Waals surface area (Å²) in [5, 5.41) is 38.3. The van der Waals surface area contributed by atoms with Crippen LogP contribution in [0.5, 0.6) is 23.0 Å². The lowest BCUT2D eigenvalue weighted by molar-refractivity contribution is -0.138. The Balaban J connectivity index is 1.54. The summed E-state index contributed by atoms with van der Waals surface area (Å²) in [5.74, 6) is -3.50. The lowest BCUT2D eigenvalue weighted by atomic mass is 9.82. The van der Waals surface area contributed by atoms with Gasteiger partial charge in [-0.25, -0.2) is 0 Å². The zero-order valence-electron chi connectivity index (χ0n) is 31.2. The fraction of sp³-hybridized carbons (Fsp3) is 0.300. The number of aryl methyl sites for hydroxylation is 1. The van der Waals surface area contributed by atoms with E-state index in [4.69, 9.17) is 14.2 Å². The Morgan fingerprint density at radius 3 is 1.42 bits per heavy atom. The zero-order valence-corrected chi connectivity index (χ0v) is 31.2.